The number of nitrogens with zero attached hydrogens (tertiary/aromatic N) is 1. The van der Waals surface area contributed by atoms with E-state index in [2.05, 4.69) is 5.32 Å². The lowest BCUT2D eigenvalue weighted by molar-refractivity contribution is -0.145. The van der Waals surface area contributed by atoms with E-state index in [9.17, 15) is 14.4 Å². The number of hydrogen-bond acceptors (Lipinski definition) is 3. The van der Waals surface area contributed by atoms with E-state index in [0.717, 1.165) is 11.3 Å². The van der Waals surface area contributed by atoms with Crippen LogP contribution in [0.4, 0.5) is 5.69 Å². The van der Waals surface area contributed by atoms with Crippen LogP contribution >= 0.6 is 0 Å². The van der Waals surface area contributed by atoms with Crippen molar-refractivity contribution in [2.75, 3.05) is 18.4 Å². The van der Waals surface area contributed by atoms with Crippen LogP contribution in [0.15, 0.2) is 24.3 Å². The summed E-state index contributed by atoms with van der Waals surface area (Å²) >= 11 is 0. The monoisotopic (exact) mass is 332 g/mol. The minimum absolute atomic E-state index is 0.0739. The molecule has 130 valence electrons. The van der Waals surface area contributed by atoms with Crippen molar-refractivity contribution in [3.05, 3.63) is 29.8 Å². The number of carboxylic acid groups (broad SMARTS) is 1. The molecule has 0 aromatic heterocycles. The first kappa shape index (κ1) is 18.0. The van der Waals surface area contributed by atoms with Gasteiger partial charge in [-0.3, -0.25) is 14.4 Å². The van der Waals surface area contributed by atoms with E-state index in [1.165, 1.54) is 4.90 Å². The first-order valence-electron chi connectivity index (χ1n) is 8.25. The van der Waals surface area contributed by atoms with Gasteiger partial charge in [0.2, 0.25) is 11.8 Å². The molecule has 24 heavy (non-hydrogen) atoms. The van der Waals surface area contributed by atoms with Crippen molar-refractivity contribution < 1.29 is 19.5 Å². The summed E-state index contributed by atoms with van der Waals surface area (Å²) in [6.45, 7) is 3.99. The SMILES string of the molecule is CC(C)CN(CC(=O)O)C(=O)CCC1Cc2ccccc2NC1=O. The molecule has 1 heterocycles. The van der Waals surface area contributed by atoms with Crippen LogP contribution < -0.4 is 5.32 Å². The number of carbonyl (C=O) groups is 3. The van der Waals surface area contributed by atoms with Gasteiger partial charge in [0.05, 0.1) is 0 Å². The van der Waals surface area contributed by atoms with E-state index < -0.39 is 5.97 Å². The van der Waals surface area contributed by atoms with Gasteiger partial charge in [-0.2, -0.15) is 0 Å². The Bertz CT molecular complexity index is 627. The molecule has 2 rings (SSSR count). The Balaban J connectivity index is 1.95. The minimum Gasteiger partial charge on any atom is -0.480 e. The molecule has 0 spiro atoms. The zero-order valence-electron chi connectivity index (χ0n) is 14.1. The second kappa shape index (κ2) is 7.95. The van der Waals surface area contributed by atoms with E-state index in [-0.39, 0.29) is 36.6 Å². The lowest BCUT2D eigenvalue weighted by atomic mass is 9.89. The van der Waals surface area contributed by atoms with Gasteiger partial charge in [-0.05, 0) is 30.4 Å². The summed E-state index contributed by atoms with van der Waals surface area (Å²) in [5.41, 5.74) is 1.90. The third kappa shape index (κ3) is 4.81. The summed E-state index contributed by atoms with van der Waals surface area (Å²) in [4.78, 5) is 36.8. The molecule has 0 radical (unpaired) electrons. The van der Waals surface area contributed by atoms with Crippen molar-refractivity contribution in [3.8, 4) is 0 Å². The fourth-order valence-electron chi connectivity index (χ4n) is 2.96. The number of anilines is 1. The predicted octanol–water partition coefficient (Wildman–Crippen LogP) is 2.15. The molecule has 6 heteroatoms. The Kier molecular flexibility index (Phi) is 5.95. The van der Waals surface area contributed by atoms with Crippen LogP contribution in [0.25, 0.3) is 0 Å². The number of para-hydroxylation sites is 1. The van der Waals surface area contributed by atoms with Crippen LogP contribution in [0.2, 0.25) is 0 Å². The van der Waals surface area contributed by atoms with E-state index in [1.807, 2.05) is 38.1 Å². The number of nitrogens with one attached hydrogen (secondary N) is 1. The van der Waals surface area contributed by atoms with E-state index in [1.54, 1.807) is 0 Å². The van der Waals surface area contributed by atoms with Crippen LogP contribution in [-0.4, -0.2) is 40.9 Å². The fraction of sp³-hybridized carbons (Fsp3) is 0.500. The Hall–Kier alpha value is -2.37. The summed E-state index contributed by atoms with van der Waals surface area (Å²) in [6.07, 6.45) is 1.21. The standard InChI is InChI=1S/C18H24N2O4/c1-12(2)10-20(11-17(22)23)16(21)8-7-14-9-13-5-3-4-6-15(13)19-18(14)24/h3-6,12,14H,7-11H2,1-2H3,(H,19,24)(H,22,23). The third-order valence-electron chi connectivity index (χ3n) is 4.08. The van der Waals surface area contributed by atoms with Crippen molar-refractivity contribution >= 4 is 23.5 Å². The summed E-state index contributed by atoms with van der Waals surface area (Å²) in [7, 11) is 0. The fourth-order valence-corrected chi connectivity index (χ4v) is 2.96. The Morgan fingerprint density at radius 3 is 2.71 bits per heavy atom. The van der Waals surface area contributed by atoms with E-state index in [0.29, 0.717) is 19.4 Å². The molecule has 6 nitrogen and oxygen atoms in total. The number of rotatable bonds is 7. The predicted molar refractivity (Wildman–Crippen MR) is 90.6 cm³/mol. The Morgan fingerprint density at radius 2 is 2.04 bits per heavy atom. The van der Waals surface area contributed by atoms with Gasteiger partial charge in [-0.15, -0.1) is 0 Å². The first-order valence-corrected chi connectivity index (χ1v) is 8.25. The Morgan fingerprint density at radius 1 is 1.33 bits per heavy atom. The second-order valence-corrected chi connectivity index (χ2v) is 6.65. The van der Waals surface area contributed by atoms with Crippen molar-refractivity contribution in [2.24, 2.45) is 11.8 Å². The molecule has 1 aromatic carbocycles. The molecule has 2 amide bonds. The second-order valence-electron chi connectivity index (χ2n) is 6.65. The van der Waals surface area contributed by atoms with Crippen molar-refractivity contribution in [1.82, 2.24) is 4.90 Å². The van der Waals surface area contributed by atoms with Gasteiger partial charge in [0.1, 0.15) is 6.54 Å². The summed E-state index contributed by atoms with van der Waals surface area (Å²) in [6, 6.07) is 7.64. The van der Waals surface area contributed by atoms with Gasteiger partial charge in [0.25, 0.3) is 0 Å². The molecular weight excluding hydrogens is 308 g/mol. The molecular formula is C18H24N2O4. The maximum Gasteiger partial charge on any atom is 0.323 e. The quantitative estimate of drug-likeness (QED) is 0.801. The third-order valence-corrected chi connectivity index (χ3v) is 4.08. The minimum atomic E-state index is -1.02. The number of fused-ring (bicyclic) bond motifs is 1. The maximum absolute atomic E-state index is 12.3. The number of carboxylic acids is 1. The molecule has 0 fully saturated rings. The number of hydrogen-bond donors (Lipinski definition) is 2. The van der Waals surface area contributed by atoms with Crippen LogP contribution in [0.3, 0.4) is 0 Å². The zero-order valence-corrected chi connectivity index (χ0v) is 14.1. The lowest BCUT2D eigenvalue weighted by Gasteiger charge is -2.26. The molecule has 1 aromatic rings. The number of benzene rings is 1. The average Bonchev–Trinajstić information content (AvgIpc) is 2.51. The smallest absolute Gasteiger partial charge is 0.323 e. The van der Waals surface area contributed by atoms with Crippen molar-refractivity contribution in [2.45, 2.75) is 33.1 Å². The van der Waals surface area contributed by atoms with Crippen molar-refractivity contribution in [1.29, 1.82) is 0 Å². The van der Waals surface area contributed by atoms with Gasteiger partial charge in [-0.25, -0.2) is 0 Å². The maximum atomic E-state index is 12.3. The molecule has 1 aliphatic heterocycles. The lowest BCUT2D eigenvalue weighted by Crippen LogP contribution is -2.39. The van der Waals surface area contributed by atoms with Crippen LogP contribution in [0, 0.1) is 11.8 Å². The highest BCUT2D eigenvalue weighted by atomic mass is 16.4. The van der Waals surface area contributed by atoms with Gasteiger partial charge in [0, 0.05) is 24.6 Å². The van der Waals surface area contributed by atoms with E-state index in [4.69, 9.17) is 5.11 Å². The van der Waals surface area contributed by atoms with Gasteiger partial charge in [-0.1, -0.05) is 32.0 Å². The average molecular weight is 332 g/mol. The van der Waals surface area contributed by atoms with Crippen LogP contribution in [0.1, 0.15) is 32.3 Å². The summed E-state index contributed by atoms with van der Waals surface area (Å²) < 4.78 is 0. The molecule has 0 saturated heterocycles. The number of aliphatic carboxylic acids is 1. The molecule has 1 aliphatic rings. The highest BCUT2D eigenvalue weighted by Crippen LogP contribution is 2.27. The summed E-state index contributed by atoms with van der Waals surface area (Å²) in [5.74, 6) is -1.37. The first-order chi connectivity index (χ1) is 11.4. The molecule has 0 bridgehead atoms. The van der Waals surface area contributed by atoms with Gasteiger partial charge < -0.3 is 15.3 Å². The van der Waals surface area contributed by atoms with Gasteiger partial charge in [0.15, 0.2) is 0 Å². The zero-order chi connectivity index (χ0) is 17.7. The highest BCUT2D eigenvalue weighted by Gasteiger charge is 2.27. The molecule has 1 unspecified atom stereocenters. The van der Waals surface area contributed by atoms with Crippen LogP contribution in [-0.2, 0) is 20.8 Å². The van der Waals surface area contributed by atoms with E-state index >= 15 is 0 Å². The number of amides is 2. The normalized spacial score (nSPS) is 16.5. The molecule has 2 N–H and O–H groups in total. The molecule has 0 saturated carbocycles. The molecule has 0 aliphatic carbocycles. The largest absolute Gasteiger partial charge is 0.480 e. The highest BCUT2D eigenvalue weighted by molar-refractivity contribution is 5.96. The van der Waals surface area contributed by atoms with Crippen LogP contribution in [0.5, 0.6) is 0 Å². The van der Waals surface area contributed by atoms with Crippen molar-refractivity contribution in [3.63, 3.8) is 0 Å². The summed E-state index contributed by atoms with van der Waals surface area (Å²) in [5, 5.41) is 11.8. The Labute approximate surface area is 141 Å². The molecule has 1 atom stereocenters. The number of carbonyl (C=O) groups excluding carboxylic acids is 2. The topological polar surface area (TPSA) is 86.7 Å². The van der Waals surface area contributed by atoms with Gasteiger partial charge >= 0.3 is 5.97 Å².